The average Bonchev–Trinajstić information content (AvgIpc) is 2.29. The molecule has 0 spiro atoms. The number of nitrogens with two attached hydrogens (primary N) is 1. The highest BCUT2D eigenvalue weighted by atomic mass is 79.9. The SMILES string of the molecule is CC(C)(CO)[C@@H](N)c1c(Br)ccc(C#N)c1O. The van der Waals surface area contributed by atoms with Crippen LogP contribution in [-0.2, 0) is 0 Å². The third-order valence-electron chi connectivity index (χ3n) is 2.84. The van der Waals surface area contributed by atoms with E-state index in [9.17, 15) is 10.2 Å². The van der Waals surface area contributed by atoms with Gasteiger partial charge >= 0.3 is 0 Å². The molecule has 0 aromatic heterocycles. The molecule has 0 heterocycles. The van der Waals surface area contributed by atoms with Gasteiger partial charge in [0, 0.05) is 28.1 Å². The van der Waals surface area contributed by atoms with Crippen LogP contribution >= 0.6 is 15.9 Å². The number of aromatic hydroxyl groups is 1. The van der Waals surface area contributed by atoms with Crippen molar-refractivity contribution in [1.82, 2.24) is 0 Å². The molecule has 0 aliphatic heterocycles. The van der Waals surface area contributed by atoms with Gasteiger partial charge in [0.15, 0.2) is 0 Å². The lowest BCUT2D eigenvalue weighted by Gasteiger charge is -2.31. The van der Waals surface area contributed by atoms with Crippen molar-refractivity contribution < 1.29 is 10.2 Å². The standard InChI is InChI=1S/C12H15BrN2O2/c1-12(2,6-16)11(15)9-8(13)4-3-7(5-14)10(9)17/h3-4,11,16-17H,6,15H2,1-2H3/t11-/m0/s1. The zero-order valence-electron chi connectivity index (χ0n) is 9.74. The molecule has 0 radical (unpaired) electrons. The Bertz CT molecular complexity index is 466. The molecule has 4 N–H and O–H groups in total. The minimum absolute atomic E-state index is 0.114. The van der Waals surface area contributed by atoms with Crippen molar-refractivity contribution >= 4 is 15.9 Å². The third kappa shape index (κ3) is 2.60. The van der Waals surface area contributed by atoms with E-state index in [1.54, 1.807) is 19.9 Å². The van der Waals surface area contributed by atoms with Gasteiger partial charge in [0.2, 0.25) is 0 Å². The van der Waals surface area contributed by atoms with Crippen LogP contribution in [0.1, 0.15) is 31.0 Å². The first-order valence-electron chi connectivity index (χ1n) is 5.13. The molecule has 1 rings (SSSR count). The highest BCUT2D eigenvalue weighted by Gasteiger charge is 2.31. The molecule has 5 heteroatoms. The van der Waals surface area contributed by atoms with Gasteiger partial charge in [0.1, 0.15) is 11.8 Å². The molecule has 0 unspecified atom stereocenters. The number of aliphatic hydroxyl groups is 1. The first kappa shape index (κ1) is 14.0. The van der Waals surface area contributed by atoms with Crippen LogP contribution in [0.3, 0.4) is 0 Å². The molecule has 0 aliphatic carbocycles. The Balaban J connectivity index is 3.37. The fourth-order valence-electron chi connectivity index (χ4n) is 1.46. The van der Waals surface area contributed by atoms with Crippen molar-refractivity contribution in [3.8, 4) is 11.8 Å². The molecule has 1 aromatic rings. The lowest BCUT2D eigenvalue weighted by Crippen LogP contribution is -2.32. The molecule has 17 heavy (non-hydrogen) atoms. The monoisotopic (exact) mass is 298 g/mol. The molecular formula is C12H15BrN2O2. The van der Waals surface area contributed by atoms with E-state index < -0.39 is 11.5 Å². The van der Waals surface area contributed by atoms with Crippen molar-refractivity contribution in [2.75, 3.05) is 6.61 Å². The Morgan fingerprint density at radius 3 is 2.59 bits per heavy atom. The van der Waals surface area contributed by atoms with Crippen LogP contribution in [0.4, 0.5) is 0 Å². The fourth-order valence-corrected chi connectivity index (χ4v) is 2.03. The van der Waals surface area contributed by atoms with Gasteiger partial charge in [-0.3, -0.25) is 0 Å². The highest BCUT2D eigenvalue weighted by molar-refractivity contribution is 9.10. The van der Waals surface area contributed by atoms with Gasteiger partial charge in [0.25, 0.3) is 0 Å². The summed E-state index contributed by atoms with van der Waals surface area (Å²) in [7, 11) is 0. The topological polar surface area (TPSA) is 90.3 Å². The second kappa shape index (κ2) is 5.05. The predicted octanol–water partition coefficient (Wildman–Crippen LogP) is 2.04. The first-order valence-corrected chi connectivity index (χ1v) is 5.92. The molecule has 0 bridgehead atoms. The summed E-state index contributed by atoms with van der Waals surface area (Å²) in [6.07, 6.45) is 0. The quantitative estimate of drug-likeness (QED) is 0.796. The number of halogens is 1. The van der Waals surface area contributed by atoms with Crippen LogP contribution in [0.5, 0.6) is 5.75 Å². The molecule has 0 amide bonds. The number of aliphatic hydroxyl groups excluding tert-OH is 1. The highest BCUT2D eigenvalue weighted by Crippen LogP contribution is 2.40. The lowest BCUT2D eigenvalue weighted by atomic mass is 9.81. The van der Waals surface area contributed by atoms with Crippen molar-refractivity contribution in [3.63, 3.8) is 0 Å². The molecular weight excluding hydrogens is 284 g/mol. The lowest BCUT2D eigenvalue weighted by molar-refractivity contribution is 0.131. The second-order valence-electron chi connectivity index (χ2n) is 4.59. The zero-order valence-corrected chi connectivity index (χ0v) is 11.3. The summed E-state index contributed by atoms with van der Waals surface area (Å²) < 4.78 is 0.628. The fraction of sp³-hybridized carbons (Fsp3) is 0.417. The van der Waals surface area contributed by atoms with E-state index in [4.69, 9.17) is 11.0 Å². The number of phenols is 1. The molecule has 4 nitrogen and oxygen atoms in total. The summed E-state index contributed by atoms with van der Waals surface area (Å²) >= 11 is 3.30. The summed E-state index contributed by atoms with van der Waals surface area (Å²) in [4.78, 5) is 0. The third-order valence-corrected chi connectivity index (χ3v) is 3.54. The van der Waals surface area contributed by atoms with Crippen molar-refractivity contribution in [2.24, 2.45) is 11.1 Å². The van der Waals surface area contributed by atoms with Gasteiger partial charge in [-0.15, -0.1) is 0 Å². The van der Waals surface area contributed by atoms with Gasteiger partial charge < -0.3 is 15.9 Å². The first-order chi connectivity index (χ1) is 7.85. The molecule has 92 valence electrons. The number of nitriles is 1. The van der Waals surface area contributed by atoms with Crippen LogP contribution in [-0.4, -0.2) is 16.8 Å². The van der Waals surface area contributed by atoms with E-state index in [1.165, 1.54) is 6.07 Å². The summed E-state index contributed by atoms with van der Waals surface area (Å²) in [6, 6.07) is 4.51. The van der Waals surface area contributed by atoms with E-state index in [0.717, 1.165) is 0 Å². The number of hydrogen-bond donors (Lipinski definition) is 3. The minimum Gasteiger partial charge on any atom is -0.506 e. The Morgan fingerprint density at radius 2 is 2.12 bits per heavy atom. The van der Waals surface area contributed by atoms with Crippen molar-refractivity contribution in [3.05, 3.63) is 27.7 Å². The normalized spacial score (nSPS) is 13.2. The number of hydrogen-bond acceptors (Lipinski definition) is 4. The summed E-state index contributed by atoms with van der Waals surface area (Å²) in [5, 5.41) is 28.1. The Hall–Kier alpha value is -1.09. The Morgan fingerprint density at radius 1 is 1.53 bits per heavy atom. The van der Waals surface area contributed by atoms with Gasteiger partial charge in [-0.05, 0) is 12.1 Å². The summed E-state index contributed by atoms with van der Waals surface area (Å²) in [6.45, 7) is 3.47. The predicted molar refractivity (Wildman–Crippen MR) is 68.3 cm³/mol. The van der Waals surface area contributed by atoms with Gasteiger partial charge in [-0.25, -0.2) is 0 Å². The second-order valence-corrected chi connectivity index (χ2v) is 5.45. The van der Waals surface area contributed by atoms with Crippen LogP contribution in [0, 0.1) is 16.7 Å². The molecule has 0 saturated carbocycles. The number of nitrogens with zero attached hydrogens (tertiary/aromatic N) is 1. The average molecular weight is 299 g/mol. The molecule has 0 saturated heterocycles. The van der Waals surface area contributed by atoms with Crippen LogP contribution in [0.2, 0.25) is 0 Å². The summed E-state index contributed by atoms with van der Waals surface area (Å²) in [5.74, 6) is -0.129. The van der Waals surface area contributed by atoms with E-state index in [0.29, 0.717) is 10.0 Å². The zero-order chi connectivity index (χ0) is 13.2. The maximum Gasteiger partial charge on any atom is 0.139 e. The van der Waals surface area contributed by atoms with E-state index in [1.807, 2.05) is 6.07 Å². The molecule has 1 atom stereocenters. The van der Waals surface area contributed by atoms with E-state index in [2.05, 4.69) is 15.9 Å². The molecule has 0 fully saturated rings. The van der Waals surface area contributed by atoms with Crippen molar-refractivity contribution in [2.45, 2.75) is 19.9 Å². The van der Waals surface area contributed by atoms with Gasteiger partial charge in [-0.1, -0.05) is 29.8 Å². The van der Waals surface area contributed by atoms with Crippen LogP contribution < -0.4 is 5.73 Å². The minimum atomic E-state index is -0.589. The largest absolute Gasteiger partial charge is 0.506 e. The molecule has 0 aliphatic rings. The Labute approximate surface area is 109 Å². The maximum atomic E-state index is 9.98. The maximum absolute atomic E-state index is 9.98. The summed E-state index contributed by atoms with van der Waals surface area (Å²) in [5.41, 5.74) is 6.08. The smallest absolute Gasteiger partial charge is 0.139 e. The van der Waals surface area contributed by atoms with Crippen LogP contribution in [0.15, 0.2) is 16.6 Å². The number of rotatable bonds is 3. The van der Waals surface area contributed by atoms with Gasteiger partial charge in [-0.2, -0.15) is 5.26 Å². The van der Waals surface area contributed by atoms with E-state index in [-0.39, 0.29) is 17.9 Å². The van der Waals surface area contributed by atoms with E-state index >= 15 is 0 Å². The van der Waals surface area contributed by atoms with Crippen LogP contribution in [0.25, 0.3) is 0 Å². The number of phenolic OH excluding ortho intramolecular Hbond substituents is 1. The van der Waals surface area contributed by atoms with Gasteiger partial charge in [0.05, 0.1) is 5.56 Å². The Kier molecular flexibility index (Phi) is 4.15. The molecule has 1 aromatic carbocycles. The van der Waals surface area contributed by atoms with Crippen molar-refractivity contribution in [1.29, 1.82) is 5.26 Å². The number of benzene rings is 1.